The van der Waals surface area contributed by atoms with Gasteiger partial charge in [-0.2, -0.15) is 4.98 Å². The Morgan fingerprint density at radius 2 is 2.14 bits per heavy atom. The lowest BCUT2D eigenvalue weighted by Crippen LogP contribution is -2.34. The number of anilines is 1. The fourth-order valence-corrected chi connectivity index (χ4v) is 3.42. The number of nitrogens with two attached hydrogens (primary N) is 1. The van der Waals surface area contributed by atoms with Gasteiger partial charge < -0.3 is 19.9 Å². The van der Waals surface area contributed by atoms with Crippen LogP contribution in [0.15, 0.2) is 22.7 Å². The van der Waals surface area contributed by atoms with Crippen LogP contribution >= 0.6 is 0 Å². The molecule has 1 aliphatic heterocycles. The molecule has 1 aliphatic rings. The molecule has 0 spiro atoms. The highest BCUT2D eigenvalue weighted by atomic mass is 19.3. The predicted molar refractivity (Wildman–Crippen MR) is 98.6 cm³/mol. The number of halogens is 2. The second-order valence-electron chi connectivity index (χ2n) is 7.00. The van der Waals surface area contributed by atoms with E-state index in [9.17, 15) is 13.6 Å². The molecule has 0 unspecified atom stereocenters. The number of primary amides is 1. The maximum atomic E-state index is 12.5. The summed E-state index contributed by atoms with van der Waals surface area (Å²) in [4.78, 5) is 16.8. The third-order valence-corrected chi connectivity index (χ3v) is 5.00. The zero-order valence-electron chi connectivity index (χ0n) is 15.7. The van der Waals surface area contributed by atoms with Crippen LogP contribution in [0.4, 0.5) is 14.8 Å². The first-order valence-corrected chi connectivity index (χ1v) is 9.34. The monoisotopic (exact) mass is 394 g/mol. The summed E-state index contributed by atoms with van der Waals surface area (Å²) in [6, 6.07) is 5.42. The largest absolute Gasteiger partial charge is 0.494 e. The van der Waals surface area contributed by atoms with E-state index in [1.807, 2.05) is 17.9 Å². The molecule has 0 radical (unpaired) electrons. The molecule has 2 N–H and O–H groups in total. The summed E-state index contributed by atoms with van der Waals surface area (Å²) in [6.07, 6.45) is 1.11. The normalized spacial score (nSPS) is 15.2. The molecule has 152 valence electrons. The van der Waals surface area contributed by atoms with E-state index < -0.39 is 18.2 Å². The smallest absolute Gasteiger partial charge is 0.324 e. The van der Waals surface area contributed by atoms with Crippen molar-refractivity contribution in [3.05, 3.63) is 35.2 Å². The number of hydrogen-bond acceptors (Lipinski definition) is 6. The highest BCUT2D eigenvalue weighted by Gasteiger charge is 2.24. The van der Waals surface area contributed by atoms with Crippen molar-refractivity contribution < 1.29 is 22.8 Å². The number of benzene rings is 1. The Balaban J connectivity index is 1.37. The second-order valence-corrected chi connectivity index (χ2v) is 7.00. The number of alkyl halides is 2. The number of aryl methyl sites for hydroxylation is 1. The fourth-order valence-electron chi connectivity index (χ4n) is 3.42. The molecule has 1 saturated heterocycles. The molecule has 7 nitrogen and oxygen atoms in total. The van der Waals surface area contributed by atoms with Gasteiger partial charge in [0.25, 0.3) is 0 Å². The van der Waals surface area contributed by atoms with Gasteiger partial charge in [0.05, 0.1) is 6.61 Å². The first kappa shape index (κ1) is 20.0. The van der Waals surface area contributed by atoms with Gasteiger partial charge in [0.1, 0.15) is 5.75 Å². The van der Waals surface area contributed by atoms with Crippen molar-refractivity contribution in [2.45, 2.75) is 39.0 Å². The van der Waals surface area contributed by atoms with Crippen LogP contribution < -0.4 is 15.4 Å². The minimum atomic E-state index is -2.72. The molecular formula is C19H24F2N4O3. The Hall–Kier alpha value is -2.71. The highest BCUT2D eigenvalue weighted by molar-refractivity contribution is 5.94. The molecule has 1 aromatic heterocycles. The van der Waals surface area contributed by atoms with E-state index in [-0.39, 0.29) is 6.01 Å². The lowest BCUT2D eigenvalue weighted by molar-refractivity contribution is 0.0999. The molecule has 28 heavy (non-hydrogen) atoms. The molecule has 9 heteroatoms. The van der Waals surface area contributed by atoms with Crippen molar-refractivity contribution in [1.82, 2.24) is 10.1 Å². The van der Waals surface area contributed by atoms with Gasteiger partial charge in [0, 0.05) is 18.7 Å². The van der Waals surface area contributed by atoms with E-state index >= 15 is 0 Å². The van der Waals surface area contributed by atoms with Crippen LogP contribution in [0.2, 0.25) is 0 Å². The molecule has 1 amide bonds. The SMILES string of the molecule is Cc1cc(OCCCC2CCN(c3nc(C(F)F)no3)CC2)ccc1C(N)=O. The maximum Gasteiger partial charge on any atom is 0.324 e. The molecule has 0 aliphatic carbocycles. The molecule has 0 saturated carbocycles. The highest BCUT2D eigenvalue weighted by Crippen LogP contribution is 2.27. The molecule has 0 atom stereocenters. The van der Waals surface area contributed by atoms with E-state index in [2.05, 4.69) is 10.1 Å². The molecule has 2 aromatic rings. The zero-order valence-corrected chi connectivity index (χ0v) is 15.7. The number of amides is 1. The summed E-state index contributed by atoms with van der Waals surface area (Å²) in [5.41, 5.74) is 6.60. The van der Waals surface area contributed by atoms with E-state index in [1.54, 1.807) is 12.1 Å². The number of ether oxygens (including phenoxy) is 1. The summed E-state index contributed by atoms with van der Waals surface area (Å²) in [7, 11) is 0. The van der Waals surface area contributed by atoms with Gasteiger partial charge >= 0.3 is 12.4 Å². The minimum Gasteiger partial charge on any atom is -0.494 e. The number of nitrogens with zero attached hydrogens (tertiary/aromatic N) is 3. The minimum absolute atomic E-state index is 0.173. The summed E-state index contributed by atoms with van der Waals surface area (Å²) in [5, 5.41) is 3.30. The quantitative estimate of drug-likeness (QED) is 0.689. The zero-order chi connectivity index (χ0) is 20.1. The van der Waals surface area contributed by atoms with Gasteiger partial charge in [-0.05, 0) is 62.3 Å². The standard InChI is InChI=1S/C19H24F2N4O3/c1-12-11-14(4-5-15(12)17(22)26)27-10-2-3-13-6-8-25(9-7-13)19-23-18(16(20)21)24-28-19/h4-5,11,13,16H,2-3,6-10H2,1H3,(H2,22,26). The molecule has 1 fully saturated rings. The lowest BCUT2D eigenvalue weighted by atomic mass is 9.92. The Labute approximate surface area is 161 Å². The number of piperidine rings is 1. The van der Waals surface area contributed by atoms with Gasteiger partial charge in [0.2, 0.25) is 11.7 Å². The number of carbonyl (C=O) groups is 1. The van der Waals surface area contributed by atoms with Crippen molar-refractivity contribution in [1.29, 1.82) is 0 Å². The van der Waals surface area contributed by atoms with Crippen molar-refractivity contribution in [2.24, 2.45) is 11.7 Å². The Bertz CT molecular complexity index is 804. The summed E-state index contributed by atoms with van der Waals surface area (Å²) in [6.45, 7) is 3.85. The van der Waals surface area contributed by atoms with Crippen LogP contribution in [-0.2, 0) is 0 Å². The average Bonchev–Trinajstić information content (AvgIpc) is 3.16. The van der Waals surface area contributed by atoms with E-state index in [1.165, 1.54) is 0 Å². The van der Waals surface area contributed by atoms with Gasteiger partial charge in [-0.1, -0.05) is 5.16 Å². The molecule has 1 aromatic carbocycles. The first-order chi connectivity index (χ1) is 13.4. The topological polar surface area (TPSA) is 94.5 Å². The van der Waals surface area contributed by atoms with Crippen LogP contribution in [-0.4, -0.2) is 35.7 Å². The van der Waals surface area contributed by atoms with Gasteiger partial charge in [0.15, 0.2) is 0 Å². The first-order valence-electron chi connectivity index (χ1n) is 9.34. The van der Waals surface area contributed by atoms with Crippen molar-refractivity contribution >= 4 is 11.9 Å². The van der Waals surface area contributed by atoms with Crippen LogP contribution in [0.25, 0.3) is 0 Å². The third kappa shape index (κ3) is 4.96. The van der Waals surface area contributed by atoms with E-state index in [4.69, 9.17) is 15.0 Å². The number of hydrogen-bond donors (Lipinski definition) is 1. The Morgan fingerprint density at radius 3 is 2.75 bits per heavy atom. The van der Waals surface area contributed by atoms with Crippen molar-refractivity contribution in [3.8, 4) is 5.75 Å². The number of rotatable bonds is 8. The fraction of sp³-hybridized carbons (Fsp3) is 0.526. The Kier molecular flexibility index (Phi) is 6.43. The molecular weight excluding hydrogens is 370 g/mol. The van der Waals surface area contributed by atoms with Crippen LogP contribution in [0.5, 0.6) is 5.75 Å². The van der Waals surface area contributed by atoms with Crippen LogP contribution in [0.1, 0.15) is 53.9 Å². The average molecular weight is 394 g/mol. The summed E-state index contributed by atoms with van der Waals surface area (Å²) in [5.74, 6) is 0.273. The summed E-state index contributed by atoms with van der Waals surface area (Å²) >= 11 is 0. The molecule has 3 rings (SSSR count). The second kappa shape index (κ2) is 8.99. The Morgan fingerprint density at radius 1 is 1.39 bits per heavy atom. The van der Waals surface area contributed by atoms with Crippen LogP contribution in [0.3, 0.4) is 0 Å². The maximum absolute atomic E-state index is 12.5. The van der Waals surface area contributed by atoms with E-state index in [0.29, 0.717) is 31.2 Å². The van der Waals surface area contributed by atoms with Gasteiger partial charge in [-0.3, -0.25) is 4.79 Å². The lowest BCUT2D eigenvalue weighted by Gasteiger charge is -2.30. The van der Waals surface area contributed by atoms with Crippen molar-refractivity contribution in [2.75, 3.05) is 24.6 Å². The number of carbonyl (C=O) groups excluding carboxylic acids is 1. The third-order valence-electron chi connectivity index (χ3n) is 5.00. The molecule has 0 bridgehead atoms. The summed E-state index contributed by atoms with van der Waals surface area (Å²) < 4.78 is 35.8. The van der Waals surface area contributed by atoms with Crippen molar-refractivity contribution in [3.63, 3.8) is 0 Å². The number of aromatic nitrogens is 2. The van der Waals surface area contributed by atoms with E-state index in [0.717, 1.165) is 37.0 Å². The molecule has 2 heterocycles. The predicted octanol–water partition coefficient (Wildman–Crippen LogP) is 3.49. The van der Waals surface area contributed by atoms with Gasteiger partial charge in [-0.15, -0.1) is 0 Å². The van der Waals surface area contributed by atoms with Crippen LogP contribution in [0, 0.1) is 12.8 Å². The van der Waals surface area contributed by atoms with Gasteiger partial charge in [-0.25, -0.2) is 8.78 Å².